The van der Waals surface area contributed by atoms with E-state index < -0.39 is 0 Å². The zero-order valence-electron chi connectivity index (χ0n) is 13.3. The van der Waals surface area contributed by atoms with Gasteiger partial charge in [0.15, 0.2) is 0 Å². The fourth-order valence-electron chi connectivity index (χ4n) is 2.63. The molecule has 0 aliphatic carbocycles. The lowest BCUT2D eigenvalue weighted by Crippen LogP contribution is -2.09. The van der Waals surface area contributed by atoms with E-state index in [1.54, 1.807) is 0 Å². The van der Waals surface area contributed by atoms with Gasteiger partial charge in [0.05, 0.1) is 6.10 Å². The lowest BCUT2D eigenvalue weighted by molar-refractivity contribution is 0.240. The van der Waals surface area contributed by atoms with Crippen LogP contribution in [-0.4, -0.2) is 6.10 Å². The Bertz CT molecular complexity index is 808. The monoisotopic (exact) mass is 369 g/mol. The first-order valence-electron chi connectivity index (χ1n) is 7.80. The molecule has 23 heavy (non-hydrogen) atoms. The zero-order chi connectivity index (χ0) is 16.2. The minimum Gasteiger partial charge on any atom is -0.491 e. The molecule has 0 amide bonds. The minimum absolute atomic E-state index is 0.160. The molecule has 0 heterocycles. The fraction of sp³-hybridized carbons (Fsp3) is 0.200. The normalized spacial score (nSPS) is 11.0. The second kappa shape index (κ2) is 7.05. The van der Waals surface area contributed by atoms with Crippen LogP contribution in [-0.2, 0) is 6.54 Å². The summed E-state index contributed by atoms with van der Waals surface area (Å²) in [6.07, 6.45) is 0.160. The molecule has 0 aliphatic heterocycles. The summed E-state index contributed by atoms with van der Waals surface area (Å²) in [5.41, 5.74) is 2.28. The minimum atomic E-state index is 0.160. The molecule has 0 atom stereocenters. The van der Waals surface area contributed by atoms with Gasteiger partial charge in [-0.2, -0.15) is 0 Å². The van der Waals surface area contributed by atoms with Crippen LogP contribution in [0.25, 0.3) is 10.8 Å². The molecule has 118 valence electrons. The van der Waals surface area contributed by atoms with Crippen LogP contribution in [0.4, 0.5) is 5.69 Å². The van der Waals surface area contributed by atoms with Crippen molar-refractivity contribution in [3.63, 3.8) is 0 Å². The molecule has 0 fully saturated rings. The molecule has 0 aromatic heterocycles. The summed E-state index contributed by atoms with van der Waals surface area (Å²) in [6, 6.07) is 20.9. The van der Waals surface area contributed by atoms with Gasteiger partial charge in [0.25, 0.3) is 0 Å². The smallest absolute Gasteiger partial charge is 0.124 e. The molecule has 3 aromatic carbocycles. The number of ether oxygens (including phenoxy) is 1. The Labute approximate surface area is 145 Å². The number of nitrogens with one attached hydrogen (secondary N) is 1. The molecule has 0 saturated carbocycles. The number of rotatable bonds is 5. The Morgan fingerprint density at radius 2 is 1.78 bits per heavy atom. The number of halogens is 1. The zero-order valence-corrected chi connectivity index (χ0v) is 14.9. The number of anilines is 1. The lowest BCUT2D eigenvalue weighted by atomic mass is 10.1. The van der Waals surface area contributed by atoms with Crippen molar-refractivity contribution in [2.45, 2.75) is 26.5 Å². The summed E-state index contributed by atoms with van der Waals surface area (Å²) >= 11 is 3.55. The van der Waals surface area contributed by atoms with Crippen LogP contribution in [0.2, 0.25) is 0 Å². The third-order valence-electron chi connectivity index (χ3n) is 3.64. The van der Waals surface area contributed by atoms with E-state index in [2.05, 4.69) is 69.8 Å². The van der Waals surface area contributed by atoms with Gasteiger partial charge in [-0.15, -0.1) is 0 Å². The highest BCUT2D eigenvalue weighted by Gasteiger charge is 2.07. The number of hydrogen-bond acceptors (Lipinski definition) is 2. The number of fused-ring (bicyclic) bond motifs is 1. The molecule has 0 unspecified atom stereocenters. The van der Waals surface area contributed by atoms with E-state index in [1.165, 1.54) is 10.8 Å². The fourth-order valence-corrected chi connectivity index (χ4v) is 3.03. The Hall–Kier alpha value is -2.00. The molecule has 0 radical (unpaired) electrons. The van der Waals surface area contributed by atoms with Crippen molar-refractivity contribution >= 4 is 32.4 Å². The highest BCUT2D eigenvalue weighted by Crippen LogP contribution is 2.27. The summed E-state index contributed by atoms with van der Waals surface area (Å²) < 4.78 is 6.97. The van der Waals surface area contributed by atoms with Crippen LogP contribution < -0.4 is 10.1 Å². The van der Waals surface area contributed by atoms with Crippen molar-refractivity contribution in [1.82, 2.24) is 0 Å². The second-order valence-corrected chi connectivity index (χ2v) is 6.71. The summed E-state index contributed by atoms with van der Waals surface area (Å²) in [5, 5.41) is 6.02. The van der Waals surface area contributed by atoms with Crippen molar-refractivity contribution in [2.24, 2.45) is 0 Å². The topological polar surface area (TPSA) is 21.3 Å². The molecule has 2 nitrogen and oxygen atoms in total. The van der Waals surface area contributed by atoms with Crippen molar-refractivity contribution < 1.29 is 4.74 Å². The van der Waals surface area contributed by atoms with Gasteiger partial charge in [-0.1, -0.05) is 52.3 Å². The predicted molar refractivity (Wildman–Crippen MR) is 101 cm³/mol. The van der Waals surface area contributed by atoms with E-state index in [-0.39, 0.29) is 6.10 Å². The Morgan fingerprint density at radius 3 is 2.61 bits per heavy atom. The van der Waals surface area contributed by atoms with E-state index in [9.17, 15) is 0 Å². The van der Waals surface area contributed by atoms with Gasteiger partial charge >= 0.3 is 0 Å². The van der Waals surface area contributed by atoms with Crippen LogP contribution in [0.15, 0.2) is 65.1 Å². The van der Waals surface area contributed by atoms with E-state index in [4.69, 9.17) is 4.74 Å². The highest BCUT2D eigenvalue weighted by molar-refractivity contribution is 9.10. The molecule has 3 heteroatoms. The first kappa shape index (κ1) is 15.9. The molecule has 0 aliphatic rings. The Morgan fingerprint density at radius 1 is 1.00 bits per heavy atom. The molecule has 0 spiro atoms. The van der Waals surface area contributed by atoms with Gasteiger partial charge in [0, 0.05) is 27.7 Å². The molecule has 1 N–H and O–H groups in total. The second-order valence-electron chi connectivity index (χ2n) is 5.80. The van der Waals surface area contributed by atoms with E-state index >= 15 is 0 Å². The Balaban J connectivity index is 1.86. The quantitative estimate of drug-likeness (QED) is 0.595. The summed E-state index contributed by atoms with van der Waals surface area (Å²) in [5.74, 6) is 0.927. The standard InChI is InChI=1S/C20H20BrNO/c1-14(2)23-20-11-10-17(21)12-16(20)13-22-19-9-5-7-15-6-3-4-8-18(15)19/h3-12,14,22H,13H2,1-2H3. The number of benzene rings is 3. The maximum atomic E-state index is 5.92. The average molecular weight is 370 g/mol. The molecule has 3 rings (SSSR count). The molecule has 3 aromatic rings. The first-order valence-corrected chi connectivity index (χ1v) is 8.59. The van der Waals surface area contributed by atoms with E-state index in [0.717, 1.165) is 28.0 Å². The largest absolute Gasteiger partial charge is 0.491 e. The van der Waals surface area contributed by atoms with Crippen molar-refractivity contribution in [3.05, 3.63) is 70.7 Å². The molecule has 0 bridgehead atoms. The van der Waals surface area contributed by atoms with Gasteiger partial charge in [-0.25, -0.2) is 0 Å². The highest BCUT2D eigenvalue weighted by atomic mass is 79.9. The van der Waals surface area contributed by atoms with Gasteiger partial charge in [0.2, 0.25) is 0 Å². The molecule has 0 saturated heterocycles. The SMILES string of the molecule is CC(C)Oc1ccc(Br)cc1CNc1cccc2ccccc12. The number of hydrogen-bond donors (Lipinski definition) is 1. The molecular formula is C20H20BrNO. The van der Waals surface area contributed by atoms with Crippen LogP contribution in [0.3, 0.4) is 0 Å². The van der Waals surface area contributed by atoms with Crippen LogP contribution >= 0.6 is 15.9 Å². The summed E-state index contributed by atoms with van der Waals surface area (Å²) in [4.78, 5) is 0. The van der Waals surface area contributed by atoms with Gasteiger partial charge in [-0.05, 0) is 43.5 Å². The van der Waals surface area contributed by atoms with Gasteiger partial charge in [0.1, 0.15) is 5.75 Å². The third kappa shape index (κ3) is 3.85. The molecular weight excluding hydrogens is 350 g/mol. The Kier molecular flexibility index (Phi) is 4.87. The summed E-state index contributed by atoms with van der Waals surface area (Å²) in [7, 11) is 0. The van der Waals surface area contributed by atoms with Gasteiger partial charge in [-0.3, -0.25) is 0 Å². The third-order valence-corrected chi connectivity index (χ3v) is 4.14. The van der Waals surface area contributed by atoms with Crippen LogP contribution in [0.5, 0.6) is 5.75 Å². The van der Waals surface area contributed by atoms with Crippen LogP contribution in [0, 0.1) is 0 Å². The van der Waals surface area contributed by atoms with Crippen molar-refractivity contribution in [3.8, 4) is 5.75 Å². The lowest BCUT2D eigenvalue weighted by Gasteiger charge is -2.16. The first-order chi connectivity index (χ1) is 11.1. The van der Waals surface area contributed by atoms with E-state index in [0.29, 0.717) is 0 Å². The maximum absolute atomic E-state index is 5.92. The van der Waals surface area contributed by atoms with Gasteiger partial charge < -0.3 is 10.1 Å². The maximum Gasteiger partial charge on any atom is 0.124 e. The average Bonchev–Trinajstić information content (AvgIpc) is 2.54. The summed E-state index contributed by atoms with van der Waals surface area (Å²) in [6.45, 7) is 4.81. The predicted octanol–water partition coefficient (Wildman–Crippen LogP) is 6.00. The van der Waals surface area contributed by atoms with Crippen molar-refractivity contribution in [1.29, 1.82) is 0 Å². The van der Waals surface area contributed by atoms with Crippen molar-refractivity contribution in [2.75, 3.05) is 5.32 Å². The van der Waals surface area contributed by atoms with E-state index in [1.807, 2.05) is 26.0 Å². The van der Waals surface area contributed by atoms with Crippen LogP contribution in [0.1, 0.15) is 19.4 Å².